The SMILES string of the molecule is CCCCCCCCc1ccc(C2=[N+]3C[C@@H](CO)CC3CC2)cc1. The van der Waals surface area contributed by atoms with Crippen LogP contribution in [0.3, 0.4) is 0 Å². The van der Waals surface area contributed by atoms with Gasteiger partial charge in [-0.15, -0.1) is 0 Å². The molecule has 1 aromatic rings. The molecule has 24 heavy (non-hydrogen) atoms. The highest BCUT2D eigenvalue weighted by Crippen LogP contribution is 2.30. The smallest absolute Gasteiger partial charge is 0.183 e. The minimum absolute atomic E-state index is 0.345. The van der Waals surface area contributed by atoms with Crippen molar-refractivity contribution in [2.75, 3.05) is 13.2 Å². The zero-order valence-corrected chi connectivity index (χ0v) is 15.3. The molecule has 2 nitrogen and oxygen atoms in total. The van der Waals surface area contributed by atoms with Crippen LogP contribution in [0.5, 0.6) is 0 Å². The van der Waals surface area contributed by atoms with Gasteiger partial charge in [-0.1, -0.05) is 51.2 Å². The summed E-state index contributed by atoms with van der Waals surface area (Å²) in [6, 6.07) is 10.0. The monoisotopic (exact) mass is 328 g/mol. The number of fused-ring (bicyclic) bond motifs is 1. The van der Waals surface area contributed by atoms with E-state index >= 15 is 0 Å². The lowest BCUT2D eigenvalue weighted by atomic mass is 9.99. The second-order valence-corrected chi connectivity index (χ2v) is 7.79. The number of hydrogen-bond acceptors (Lipinski definition) is 1. The molecule has 1 aromatic carbocycles. The maximum absolute atomic E-state index is 9.43. The Hall–Kier alpha value is -1.15. The van der Waals surface area contributed by atoms with E-state index in [4.69, 9.17) is 0 Å². The molecular weight excluding hydrogens is 294 g/mol. The van der Waals surface area contributed by atoms with Crippen molar-refractivity contribution in [3.63, 3.8) is 0 Å². The summed E-state index contributed by atoms with van der Waals surface area (Å²) in [4.78, 5) is 0. The van der Waals surface area contributed by atoms with Gasteiger partial charge in [0, 0.05) is 30.7 Å². The Morgan fingerprint density at radius 2 is 1.79 bits per heavy atom. The first-order valence-corrected chi connectivity index (χ1v) is 10.1. The maximum atomic E-state index is 9.43. The molecule has 0 spiro atoms. The van der Waals surface area contributed by atoms with Gasteiger partial charge in [0.05, 0.1) is 6.61 Å². The van der Waals surface area contributed by atoms with Crippen molar-refractivity contribution >= 4 is 5.71 Å². The van der Waals surface area contributed by atoms with Crippen molar-refractivity contribution in [3.8, 4) is 0 Å². The van der Waals surface area contributed by atoms with Gasteiger partial charge in [0.1, 0.15) is 6.54 Å². The molecule has 2 heterocycles. The molecule has 0 aliphatic carbocycles. The van der Waals surface area contributed by atoms with Crippen molar-refractivity contribution in [2.24, 2.45) is 5.92 Å². The van der Waals surface area contributed by atoms with Crippen LogP contribution in [0.4, 0.5) is 0 Å². The Balaban J connectivity index is 1.52. The zero-order valence-electron chi connectivity index (χ0n) is 15.3. The molecule has 0 amide bonds. The summed E-state index contributed by atoms with van der Waals surface area (Å²) in [7, 11) is 0. The highest BCUT2D eigenvalue weighted by molar-refractivity contribution is 5.97. The molecule has 1 unspecified atom stereocenters. The lowest BCUT2D eigenvalue weighted by molar-refractivity contribution is -0.537. The Labute approximate surface area is 147 Å². The van der Waals surface area contributed by atoms with Crippen molar-refractivity contribution < 1.29 is 9.68 Å². The van der Waals surface area contributed by atoms with Gasteiger partial charge >= 0.3 is 0 Å². The number of aryl methyl sites for hydroxylation is 1. The van der Waals surface area contributed by atoms with E-state index in [0.29, 0.717) is 18.6 Å². The third kappa shape index (κ3) is 4.27. The molecule has 0 aromatic heterocycles. The lowest BCUT2D eigenvalue weighted by Crippen LogP contribution is -2.19. The van der Waals surface area contributed by atoms with Gasteiger partial charge in [0.25, 0.3) is 0 Å². The summed E-state index contributed by atoms with van der Waals surface area (Å²) in [5, 5.41) is 9.43. The standard InChI is InChI=1S/C22H34NO/c1-2-3-4-5-6-7-8-18-9-11-20(12-10-18)22-14-13-21-15-19(17-24)16-23(21)22/h9-12,19,21,24H,2-8,13-17H2,1H3/q+1/t19-,21?/m0/s1. The van der Waals surface area contributed by atoms with Crippen LogP contribution in [0.2, 0.25) is 0 Å². The quantitative estimate of drug-likeness (QED) is 0.521. The van der Waals surface area contributed by atoms with Crippen molar-refractivity contribution in [1.29, 1.82) is 0 Å². The van der Waals surface area contributed by atoms with Crippen LogP contribution in [0.15, 0.2) is 24.3 Å². The molecule has 0 saturated carbocycles. The molecule has 0 radical (unpaired) electrons. The fourth-order valence-electron chi connectivity index (χ4n) is 4.48. The summed E-state index contributed by atoms with van der Waals surface area (Å²) in [6.45, 7) is 3.67. The van der Waals surface area contributed by atoms with Crippen LogP contribution >= 0.6 is 0 Å². The third-order valence-corrected chi connectivity index (χ3v) is 5.93. The molecule has 1 N–H and O–H groups in total. The second kappa shape index (κ2) is 8.80. The fourth-order valence-corrected chi connectivity index (χ4v) is 4.48. The highest BCUT2D eigenvalue weighted by atomic mass is 16.3. The third-order valence-electron chi connectivity index (χ3n) is 5.93. The van der Waals surface area contributed by atoms with E-state index < -0.39 is 0 Å². The molecule has 2 aliphatic heterocycles. The molecule has 2 heteroatoms. The highest BCUT2D eigenvalue weighted by Gasteiger charge is 2.42. The molecule has 2 atom stereocenters. The van der Waals surface area contributed by atoms with E-state index in [2.05, 4.69) is 35.8 Å². The summed E-state index contributed by atoms with van der Waals surface area (Å²) in [5.41, 5.74) is 4.41. The minimum atomic E-state index is 0.345. The molecule has 132 valence electrons. The molecule has 1 fully saturated rings. The normalized spacial score (nSPS) is 23.1. The topological polar surface area (TPSA) is 23.2 Å². The number of nitrogens with zero attached hydrogens (tertiary/aromatic N) is 1. The van der Waals surface area contributed by atoms with Crippen LogP contribution in [0.25, 0.3) is 0 Å². The predicted molar refractivity (Wildman–Crippen MR) is 101 cm³/mol. The maximum Gasteiger partial charge on any atom is 0.183 e. The molecular formula is C22H34NO+. The minimum Gasteiger partial charge on any atom is -0.396 e. The summed E-state index contributed by atoms with van der Waals surface area (Å²) in [6.07, 6.45) is 13.1. The second-order valence-electron chi connectivity index (χ2n) is 7.79. The van der Waals surface area contributed by atoms with Gasteiger partial charge in [-0.25, -0.2) is 4.58 Å². The van der Waals surface area contributed by atoms with Gasteiger partial charge in [-0.3, -0.25) is 0 Å². The Morgan fingerprint density at radius 1 is 1.04 bits per heavy atom. The van der Waals surface area contributed by atoms with Gasteiger partial charge < -0.3 is 5.11 Å². The lowest BCUT2D eigenvalue weighted by Gasteiger charge is -2.05. The van der Waals surface area contributed by atoms with Crippen LogP contribution in [0, 0.1) is 5.92 Å². The van der Waals surface area contributed by atoms with E-state index in [1.54, 1.807) is 0 Å². The van der Waals surface area contributed by atoms with Crippen LogP contribution in [0.1, 0.15) is 75.8 Å². The molecule has 0 bridgehead atoms. The average Bonchev–Trinajstić information content (AvgIpc) is 3.19. The average molecular weight is 329 g/mol. The van der Waals surface area contributed by atoms with E-state index in [1.165, 1.54) is 81.0 Å². The molecule has 1 saturated heterocycles. The Kier molecular flexibility index (Phi) is 6.48. The first kappa shape index (κ1) is 17.7. The first-order chi connectivity index (χ1) is 11.8. The van der Waals surface area contributed by atoms with Crippen LogP contribution < -0.4 is 0 Å². The summed E-state index contributed by atoms with van der Waals surface area (Å²) < 4.78 is 2.57. The van der Waals surface area contributed by atoms with E-state index in [0.717, 1.165) is 6.54 Å². The molecule has 2 aliphatic rings. The van der Waals surface area contributed by atoms with Gasteiger partial charge in [-0.05, 0) is 30.5 Å². The first-order valence-electron chi connectivity index (χ1n) is 10.1. The van der Waals surface area contributed by atoms with Gasteiger partial charge in [0.2, 0.25) is 0 Å². The molecule has 3 rings (SSSR count). The largest absolute Gasteiger partial charge is 0.396 e. The summed E-state index contributed by atoms with van der Waals surface area (Å²) in [5.74, 6) is 0.484. The Bertz CT molecular complexity index is 546. The fraction of sp³-hybridized carbons (Fsp3) is 0.682. The van der Waals surface area contributed by atoms with E-state index in [9.17, 15) is 5.11 Å². The predicted octanol–water partition coefficient (Wildman–Crippen LogP) is 4.57. The van der Waals surface area contributed by atoms with E-state index in [-0.39, 0.29) is 0 Å². The van der Waals surface area contributed by atoms with Crippen molar-refractivity contribution in [1.82, 2.24) is 0 Å². The number of unbranched alkanes of at least 4 members (excludes halogenated alkanes) is 5. The van der Waals surface area contributed by atoms with Crippen LogP contribution in [-0.2, 0) is 6.42 Å². The number of hydrogen-bond donors (Lipinski definition) is 1. The summed E-state index contributed by atoms with van der Waals surface area (Å²) >= 11 is 0. The van der Waals surface area contributed by atoms with Crippen molar-refractivity contribution in [3.05, 3.63) is 35.4 Å². The van der Waals surface area contributed by atoms with Crippen LogP contribution in [-0.4, -0.2) is 34.6 Å². The Morgan fingerprint density at radius 3 is 2.54 bits per heavy atom. The number of aliphatic hydroxyl groups excluding tert-OH is 1. The zero-order chi connectivity index (χ0) is 16.8. The number of rotatable bonds is 9. The van der Waals surface area contributed by atoms with Crippen molar-refractivity contribution in [2.45, 2.75) is 77.2 Å². The number of aliphatic hydroxyl groups is 1. The van der Waals surface area contributed by atoms with Gasteiger partial charge in [-0.2, -0.15) is 0 Å². The van der Waals surface area contributed by atoms with E-state index in [1.807, 2.05) is 0 Å². The van der Waals surface area contributed by atoms with Gasteiger partial charge in [0.15, 0.2) is 11.8 Å². The number of benzene rings is 1.